The van der Waals surface area contributed by atoms with E-state index in [-0.39, 0.29) is 43.4 Å². The fourth-order valence-electron chi connectivity index (χ4n) is 11.4. The van der Waals surface area contributed by atoms with Gasteiger partial charge in [-0.15, -0.1) is 11.3 Å². The van der Waals surface area contributed by atoms with E-state index in [0.717, 1.165) is 21.6 Å². The lowest BCUT2D eigenvalue weighted by molar-refractivity contribution is -0.317. The molecule has 2 aromatic carbocycles. The molecule has 20 heteroatoms. The third-order valence-corrected chi connectivity index (χ3v) is 18.8. The Morgan fingerprint density at radius 3 is 2.32 bits per heavy atom. The third kappa shape index (κ3) is 13.2. The maximum absolute atomic E-state index is 14.5. The number of esters is 1. The largest absolute Gasteiger partial charge is 0.456 e. The van der Waals surface area contributed by atoms with Crippen molar-refractivity contribution in [2.24, 2.45) is 17.8 Å². The molecule has 0 saturated carbocycles. The summed E-state index contributed by atoms with van der Waals surface area (Å²) in [5.41, 5.74) is -2.22. The second-order valence-corrected chi connectivity index (χ2v) is 25.0. The number of cyclic esters (lactones) is 1. The van der Waals surface area contributed by atoms with Crippen LogP contribution in [0.4, 0.5) is 0 Å². The number of benzene rings is 2. The lowest BCUT2D eigenvalue weighted by atomic mass is 9.77. The SMILES string of the molecule is CO[C@]1(C)C[C@H](O[C@H]2[C@H](C)[C@@H](O[C@@H]3O[C@H](C)C[C@H](N(C)C)[C@H]3O)[C@](C)(O)C[C@@H](C)CN(CCCNC(=O)c3cc4c(s3)-c3cc(Cl)ccc3Oc3ccccc3-4)[C@H](C)[C@@H](O)[C@](C)(O)[C@@H](I)OC(=O)[C@@H]2C)O[C@@H](C)[C@@H]1O. The van der Waals surface area contributed by atoms with Crippen LogP contribution in [0.2, 0.25) is 5.02 Å². The highest BCUT2D eigenvalue weighted by Crippen LogP contribution is 2.51. The van der Waals surface area contributed by atoms with Gasteiger partial charge < -0.3 is 68.9 Å². The van der Waals surface area contributed by atoms with Crippen LogP contribution in [0.5, 0.6) is 11.5 Å². The highest BCUT2D eigenvalue weighted by atomic mass is 127. The minimum Gasteiger partial charge on any atom is -0.456 e. The summed E-state index contributed by atoms with van der Waals surface area (Å²) in [4.78, 5) is 33.8. The van der Waals surface area contributed by atoms with Crippen molar-refractivity contribution < 1.29 is 68.3 Å². The molecule has 4 aliphatic rings. The number of nitrogens with one attached hydrogen (secondary N) is 1. The van der Waals surface area contributed by atoms with Gasteiger partial charge in [-0.2, -0.15) is 0 Å². The monoisotopic (exact) mass is 1200 g/mol. The first-order valence-corrected chi connectivity index (χ1v) is 28.5. The van der Waals surface area contributed by atoms with Gasteiger partial charge in [0.1, 0.15) is 35.4 Å². The minimum absolute atomic E-state index is 0.0874. The summed E-state index contributed by atoms with van der Waals surface area (Å²) in [6.07, 6.45) is -7.82. The highest BCUT2D eigenvalue weighted by molar-refractivity contribution is 14.1. The number of methoxy groups -OCH3 is 1. The van der Waals surface area contributed by atoms with Gasteiger partial charge in [0, 0.05) is 77.8 Å². The van der Waals surface area contributed by atoms with Gasteiger partial charge in [-0.3, -0.25) is 14.5 Å². The Hall–Kier alpha value is -2.58. The van der Waals surface area contributed by atoms with Crippen molar-refractivity contribution in [3.8, 4) is 33.1 Å². The van der Waals surface area contributed by atoms with Gasteiger partial charge in [0.15, 0.2) is 16.7 Å². The highest BCUT2D eigenvalue weighted by Gasteiger charge is 2.53. The maximum atomic E-state index is 14.5. The molecule has 0 bridgehead atoms. The maximum Gasteiger partial charge on any atom is 0.312 e. The predicted molar refractivity (Wildman–Crippen MR) is 294 cm³/mol. The summed E-state index contributed by atoms with van der Waals surface area (Å²) < 4.78 is 43.0. The number of aliphatic hydroxyl groups is 5. The molecule has 418 valence electrons. The van der Waals surface area contributed by atoms with Crippen LogP contribution in [-0.4, -0.2) is 176 Å². The normalized spacial score (nSPS) is 38.2. The van der Waals surface area contributed by atoms with E-state index in [1.807, 2.05) is 103 Å². The molecular weight excluding hydrogens is 1120 g/mol. The van der Waals surface area contributed by atoms with Crippen LogP contribution in [-0.2, 0) is 33.2 Å². The molecule has 3 fully saturated rings. The quantitative estimate of drug-likeness (QED) is 0.0378. The number of para-hydroxylation sites is 1. The van der Waals surface area contributed by atoms with Gasteiger partial charge in [0.05, 0.1) is 46.4 Å². The van der Waals surface area contributed by atoms with Gasteiger partial charge in [-0.1, -0.05) is 43.6 Å². The van der Waals surface area contributed by atoms with E-state index in [1.54, 1.807) is 47.6 Å². The molecule has 4 aliphatic heterocycles. The number of nitrogens with zero attached hydrogens (tertiary/aromatic N) is 2. The standard InChI is InChI=1S/C55H79ClIN3O14S/c1-28-25-53(7,66)48(73-51-43(61)38(59(10)11)22-29(2)69-51)30(3)44(72-42-26-54(8,68-12)47(63)33(6)70-42)31(4)50(65)74-52(57)55(9,67)46(62)32(5)60(27-28)21-15-20-58-49(64)41-24-36-35-16-13-14-17-39(35)71-40-19-18-34(56)23-37(40)45(36)75-41/h13-14,16-19,23-24,28-33,38,42-44,46-48,51-52,61-63,66-67H,15,20-22,25-27H2,1-12H3,(H,58,64)/t28-,29-,30+,31-,32-,33+,38+,42+,43-,44+,46-,47+,48-,51+,52+,53-,54-,55+/m1/s1. The Morgan fingerprint density at radius 1 is 0.933 bits per heavy atom. The van der Waals surface area contributed by atoms with Gasteiger partial charge in [-0.05, 0) is 141 Å². The topological polar surface area (TPSA) is 218 Å². The van der Waals surface area contributed by atoms with Crippen LogP contribution in [0.15, 0.2) is 48.5 Å². The van der Waals surface area contributed by atoms with E-state index in [0.29, 0.717) is 47.3 Å². The van der Waals surface area contributed by atoms with Gasteiger partial charge >= 0.3 is 5.97 Å². The smallest absolute Gasteiger partial charge is 0.312 e. The Labute approximate surface area is 464 Å². The second-order valence-electron chi connectivity index (χ2n) is 22.3. The van der Waals surface area contributed by atoms with Crippen LogP contribution in [0, 0.1) is 17.8 Å². The van der Waals surface area contributed by atoms with Crippen molar-refractivity contribution in [3.05, 3.63) is 58.4 Å². The van der Waals surface area contributed by atoms with Crippen LogP contribution in [0.3, 0.4) is 0 Å². The first kappa shape index (κ1) is 60.1. The Kier molecular flexibility index (Phi) is 19.6. The van der Waals surface area contributed by atoms with Gasteiger partial charge in [-0.25, -0.2) is 0 Å². The zero-order valence-corrected chi connectivity index (χ0v) is 48.9. The lowest BCUT2D eigenvalue weighted by Gasteiger charge is -2.48. The molecular formula is C55H79ClIN3O14S. The first-order chi connectivity index (χ1) is 35.2. The number of likely N-dealkylation sites (N-methyl/N-ethyl adjacent to an activating group) is 1. The van der Waals surface area contributed by atoms with Crippen LogP contribution in [0.1, 0.15) is 97.7 Å². The number of rotatable bonds is 11. The van der Waals surface area contributed by atoms with E-state index in [2.05, 4.69) is 5.32 Å². The van der Waals surface area contributed by atoms with Crippen molar-refractivity contribution >= 4 is 57.4 Å². The molecule has 6 N–H and O–H groups in total. The number of ether oxygens (including phenoxy) is 7. The Bertz CT molecular complexity index is 2450. The minimum atomic E-state index is -1.97. The number of halogens is 2. The summed E-state index contributed by atoms with van der Waals surface area (Å²) in [7, 11) is 5.24. The lowest BCUT2D eigenvalue weighted by Crippen LogP contribution is -2.60. The van der Waals surface area contributed by atoms with Crippen LogP contribution >= 0.6 is 45.5 Å². The van der Waals surface area contributed by atoms with Crippen molar-refractivity contribution in [2.45, 2.75) is 176 Å². The number of hydrogen-bond acceptors (Lipinski definition) is 17. The zero-order valence-electron chi connectivity index (χ0n) is 45.2. The molecule has 75 heavy (non-hydrogen) atoms. The van der Waals surface area contributed by atoms with E-state index < -0.39 is 94.0 Å². The summed E-state index contributed by atoms with van der Waals surface area (Å²) >= 11 is 9.65. The number of hydrogen-bond donors (Lipinski definition) is 6. The number of alkyl halides is 1. The molecule has 1 aromatic heterocycles. The molecule has 5 heterocycles. The van der Waals surface area contributed by atoms with Crippen LogP contribution < -0.4 is 10.1 Å². The number of carbonyl (C=O) groups excluding carboxylic acids is 2. The molecule has 18 atom stereocenters. The molecule has 1 amide bonds. The average molecular weight is 1200 g/mol. The fourth-order valence-corrected chi connectivity index (χ4v) is 13.3. The van der Waals surface area contributed by atoms with Crippen molar-refractivity contribution in [1.82, 2.24) is 15.1 Å². The van der Waals surface area contributed by atoms with Gasteiger partial charge in [0.2, 0.25) is 0 Å². The Morgan fingerprint density at radius 2 is 1.63 bits per heavy atom. The second kappa shape index (κ2) is 24.4. The number of carbonyl (C=O) groups is 2. The number of aliphatic hydroxyl groups excluding tert-OH is 3. The van der Waals surface area contributed by atoms with E-state index in [1.165, 1.54) is 25.4 Å². The van der Waals surface area contributed by atoms with Gasteiger partial charge in [0.25, 0.3) is 5.91 Å². The fraction of sp³-hybridized carbons (Fsp3) is 0.673. The number of fused-ring (bicyclic) bond motifs is 5. The summed E-state index contributed by atoms with van der Waals surface area (Å²) in [5, 5.41) is 63.7. The average Bonchev–Trinajstić information content (AvgIpc) is 3.75. The van der Waals surface area contributed by atoms with Crippen molar-refractivity contribution in [2.75, 3.05) is 40.8 Å². The summed E-state index contributed by atoms with van der Waals surface area (Å²) in [6.45, 7) is 16.6. The predicted octanol–water partition coefficient (Wildman–Crippen LogP) is 7.23. The van der Waals surface area contributed by atoms with E-state index in [4.69, 9.17) is 44.8 Å². The van der Waals surface area contributed by atoms with E-state index >= 15 is 0 Å². The van der Waals surface area contributed by atoms with Crippen molar-refractivity contribution in [3.63, 3.8) is 0 Å². The molecule has 0 aliphatic carbocycles. The first-order valence-electron chi connectivity index (χ1n) is 26.1. The van der Waals surface area contributed by atoms with Crippen LogP contribution in [0.25, 0.3) is 21.6 Å². The molecule has 0 spiro atoms. The van der Waals surface area contributed by atoms with Crippen molar-refractivity contribution in [1.29, 1.82) is 0 Å². The number of amides is 1. The molecule has 0 radical (unpaired) electrons. The molecule has 17 nitrogen and oxygen atoms in total. The Balaban J connectivity index is 1.16. The zero-order chi connectivity index (χ0) is 55.1. The molecule has 0 unspecified atom stereocenters. The van der Waals surface area contributed by atoms with E-state index in [9.17, 15) is 35.1 Å². The third-order valence-electron chi connectivity index (χ3n) is 15.9. The summed E-state index contributed by atoms with van der Waals surface area (Å²) in [5.74, 6) is -1.94. The molecule has 3 aromatic rings. The molecule has 3 saturated heterocycles. The summed E-state index contributed by atoms with van der Waals surface area (Å²) in [6, 6.07) is 13.9. The number of thiophene rings is 1. The molecule has 7 rings (SSSR count).